The normalized spacial score (nSPS) is 12.7. The Morgan fingerprint density at radius 1 is 0.951 bits per heavy atom. The van der Waals surface area contributed by atoms with Gasteiger partial charge in [-0.2, -0.15) is 0 Å². The van der Waals surface area contributed by atoms with Crippen molar-refractivity contribution in [1.82, 2.24) is 10.2 Å². The van der Waals surface area contributed by atoms with Crippen LogP contribution in [0.4, 0.5) is 5.69 Å². The minimum Gasteiger partial charge on any atom is -0.497 e. The Kier molecular flexibility index (Phi) is 11.5. The van der Waals surface area contributed by atoms with Gasteiger partial charge in [0, 0.05) is 22.6 Å². The third-order valence-electron chi connectivity index (χ3n) is 6.71. The van der Waals surface area contributed by atoms with E-state index in [9.17, 15) is 18.0 Å². The minimum absolute atomic E-state index is 0.0104. The van der Waals surface area contributed by atoms with Gasteiger partial charge < -0.3 is 15.0 Å². The van der Waals surface area contributed by atoms with Crippen molar-refractivity contribution in [3.8, 4) is 5.75 Å². The zero-order valence-corrected chi connectivity index (χ0v) is 25.8. The summed E-state index contributed by atoms with van der Waals surface area (Å²) in [4.78, 5) is 28.8. The van der Waals surface area contributed by atoms with Crippen molar-refractivity contribution < 1.29 is 22.7 Å². The smallest absolute Gasteiger partial charge is 0.264 e. The molecule has 8 nitrogen and oxygen atoms in total. The Balaban J connectivity index is 2.06. The van der Waals surface area contributed by atoms with E-state index in [2.05, 4.69) is 5.32 Å². The van der Waals surface area contributed by atoms with E-state index in [1.165, 1.54) is 24.1 Å². The number of methoxy groups -OCH3 is 1. The molecule has 0 aliphatic rings. The number of nitrogens with zero attached hydrogens (tertiary/aromatic N) is 2. The third kappa shape index (κ3) is 8.15. The quantitative estimate of drug-likeness (QED) is 0.256. The molecule has 3 rings (SSSR count). The number of halogens is 2. The zero-order chi connectivity index (χ0) is 30.2. The summed E-state index contributed by atoms with van der Waals surface area (Å²) in [6.45, 7) is 5.06. The van der Waals surface area contributed by atoms with Gasteiger partial charge in [-0.25, -0.2) is 8.42 Å². The summed E-state index contributed by atoms with van der Waals surface area (Å²) in [6.07, 6.45) is 1.01. The summed E-state index contributed by atoms with van der Waals surface area (Å²) in [7, 11) is -2.70. The molecule has 3 aromatic rings. The van der Waals surface area contributed by atoms with Gasteiger partial charge in [-0.15, -0.1) is 0 Å². The number of amides is 2. The van der Waals surface area contributed by atoms with Gasteiger partial charge in [0.25, 0.3) is 10.0 Å². The first-order valence-corrected chi connectivity index (χ1v) is 15.5. The average Bonchev–Trinajstić information content (AvgIpc) is 2.97. The van der Waals surface area contributed by atoms with Crippen LogP contribution < -0.4 is 14.4 Å². The summed E-state index contributed by atoms with van der Waals surface area (Å²) in [5, 5.41) is 3.71. The first-order valence-electron chi connectivity index (χ1n) is 13.3. The molecule has 0 heterocycles. The molecule has 0 unspecified atom stereocenters. The summed E-state index contributed by atoms with van der Waals surface area (Å²) >= 11 is 12.5. The fourth-order valence-corrected chi connectivity index (χ4v) is 6.07. The highest BCUT2D eigenvalue weighted by molar-refractivity contribution is 7.92. The minimum atomic E-state index is -4.18. The molecule has 0 aliphatic carbocycles. The Bertz CT molecular complexity index is 1440. The molecule has 2 atom stereocenters. The number of carbonyl (C=O) groups is 2. The van der Waals surface area contributed by atoms with Crippen LogP contribution in [0.2, 0.25) is 10.0 Å². The molecule has 1 N–H and O–H groups in total. The number of benzene rings is 3. The van der Waals surface area contributed by atoms with Gasteiger partial charge in [0.1, 0.15) is 18.3 Å². The number of ether oxygens (including phenoxy) is 1. The molecule has 0 aromatic heterocycles. The van der Waals surface area contributed by atoms with E-state index in [0.717, 1.165) is 4.31 Å². The number of rotatable bonds is 13. The molecule has 0 saturated heterocycles. The number of nitrogens with one attached hydrogen (secondary N) is 1. The fraction of sp³-hybridized carbons (Fsp3) is 0.333. The number of hydrogen-bond acceptors (Lipinski definition) is 5. The van der Waals surface area contributed by atoms with Crippen LogP contribution in [-0.4, -0.2) is 50.9 Å². The molecule has 0 aliphatic heterocycles. The van der Waals surface area contributed by atoms with E-state index in [4.69, 9.17) is 27.9 Å². The topological polar surface area (TPSA) is 96.0 Å². The lowest BCUT2D eigenvalue weighted by atomic mass is 10.1. The average molecular weight is 621 g/mol. The SMILES string of the molecule is CC[C@H](C)NC(=O)[C@H](CC)N(Cc1ccc(Cl)cc1Cl)C(=O)CN(c1ccccc1)S(=O)(=O)c1ccc(OC)cc1. The van der Waals surface area contributed by atoms with Crippen LogP contribution in [0.3, 0.4) is 0 Å². The van der Waals surface area contributed by atoms with Crippen molar-refractivity contribution in [2.24, 2.45) is 0 Å². The van der Waals surface area contributed by atoms with Crippen LogP contribution in [0.5, 0.6) is 5.75 Å². The Morgan fingerprint density at radius 3 is 2.17 bits per heavy atom. The van der Waals surface area contributed by atoms with E-state index >= 15 is 0 Å². The summed E-state index contributed by atoms with van der Waals surface area (Å²) in [6, 6.07) is 18.2. The van der Waals surface area contributed by atoms with Gasteiger partial charge >= 0.3 is 0 Å². The lowest BCUT2D eigenvalue weighted by Gasteiger charge is -2.34. The number of anilines is 1. The summed E-state index contributed by atoms with van der Waals surface area (Å²) in [5.41, 5.74) is 0.877. The first-order chi connectivity index (χ1) is 19.5. The van der Waals surface area contributed by atoms with Crippen molar-refractivity contribution in [3.05, 3.63) is 88.4 Å². The molecule has 2 amide bonds. The Hall–Kier alpha value is -3.27. The van der Waals surface area contributed by atoms with Crippen LogP contribution in [-0.2, 0) is 26.2 Å². The van der Waals surface area contributed by atoms with Gasteiger partial charge in [-0.1, -0.05) is 61.3 Å². The fourth-order valence-electron chi connectivity index (χ4n) is 4.19. The third-order valence-corrected chi connectivity index (χ3v) is 9.09. The molecule has 11 heteroatoms. The molecular weight excluding hydrogens is 585 g/mol. The highest BCUT2D eigenvalue weighted by Crippen LogP contribution is 2.27. The maximum atomic E-state index is 14.1. The second-order valence-corrected chi connectivity index (χ2v) is 12.2. The monoisotopic (exact) mass is 619 g/mol. The second kappa shape index (κ2) is 14.6. The first kappa shape index (κ1) is 32.2. The van der Waals surface area contributed by atoms with E-state index in [1.54, 1.807) is 67.6 Å². The van der Waals surface area contributed by atoms with Gasteiger partial charge in [0.2, 0.25) is 11.8 Å². The van der Waals surface area contributed by atoms with Crippen molar-refractivity contribution >= 4 is 50.7 Å². The molecular formula is C30H35Cl2N3O5S. The van der Waals surface area contributed by atoms with Gasteiger partial charge in [-0.05, 0) is 73.9 Å². The largest absolute Gasteiger partial charge is 0.497 e. The lowest BCUT2D eigenvalue weighted by molar-refractivity contribution is -0.140. The van der Waals surface area contributed by atoms with Gasteiger partial charge in [-0.3, -0.25) is 13.9 Å². The summed E-state index contributed by atoms with van der Waals surface area (Å²) in [5.74, 6) is -0.400. The predicted octanol–water partition coefficient (Wildman–Crippen LogP) is 5.92. The van der Waals surface area contributed by atoms with E-state index in [-0.39, 0.29) is 23.4 Å². The molecule has 0 bridgehead atoms. The predicted molar refractivity (Wildman–Crippen MR) is 163 cm³/mol. The van der Waals surface area contributed by atoms with E-state index in [0.29, 0.717) is 39.9 Å². The molecule has 0 fully saturated rings. The molecule has 0 radical (unpaired) electrons. The Labute approximate surface area is 252 Å². The maximum absolute atomic E-state index is 14.1. The van der Waals surface area contributed by atoms with Crippen molar-refractivity contribution in [3.63, 3.8) is 0 Å². The van der Waals surface area contributed by atoms with Crippen molar-refractivity contribution in [2.75, 3.05) is 18.0 Å². The number of hydrogen-bond donors (Lipinski definition) is 1. The van der Waals surface area contributed by atoms with E-state index in [1.807, 2.05) is 13.8 Å². The van der Waals surface area contributed by atoms with Crippen molar-refractivity contribution in [1.29, 1.82) is 0 Å². The molecule has 3 aromatic carbocycles. The standard InChI is InChI=1S/C30H35Cl2N3O5S/c1-5-21(3)33-30(37)28(6-2)34(19-22-12-13-23(31)18-27(22)32)29(36)20-35(24-10-8-7-9-11-24)41(38,39)26-16-14-25(40-4)15-17-26/h7-18,21,28H,5-6,19-20H2,1-4H3,(H,33,37)/t21-,28-/m0/s1. The zero-order valence-electron chi connectivity index (χ0n) is 23.5. The molecule has 220 valence electrons. The number of para-hydroxylation sites is 1. The number of carbonyl (C=O) groups excluding carboxylic acids is 2. The maximum Gasteiger partial charge on any atom is 0.264 e. The summed E-state index contributed by atoms with van der Waals surface area (Å²) < 4.78 is 34.0. The van der Waals surface area contributed by atoms with E-state index < -0.39 is 28.5 Å². The van der Waals surface area contributed by atoms with Crippen LogP contribution in [0.15, 0.2) is 77.7 Å². The Morgan fingerprint density at radius 2 is 1.61 bits per heavy atom. The number of sulfonamides is 1. The highest BCUT2D eigenvalue weighted by atomic mass is 35.5. The van der Waals surface area contributed by atoms with Crippen LogP contribution in [0, 0.1) is 0 Å². The van der Waals surface area contributed by atoms with Crippen molar-refractivity contribution in [2.45, 2.75) is 57.1 Å². The van der Waals surface area contributed by atoms with Gasteiger partial charge in [0.15, 0.2) is 0 Å². The molecule has 41 heavy (non-hydrogen) atoms. The molecule has 0 saturated carbocycles. The highest BCUT2D eigenvalue weighted by Gasteiger charge is 2.34. The van der Waals surface area contributed by atoms with Crippen LogP contribution >= 0.6 is 23.2 Å². The molecule has 0 spiro atoms. The van der Waals surface area contributed by atoms with Gasteiger partial charge in [0.05, 0.1) is 17.7 Å². The van der Waals surface area contributed by atoms with Crippen LogP contribution in [0.1, 0.15) is 39.2 Å². The lowest BCUT2D eigenvalue weighted by Crippen LogP contribution is -2.53. The second-order valence-electron chi connectivity index (χ2n) is 9.52. The van der Waals surface area contributed by atoms with Crippen LogP contribution in [0.25, 0.3) is 0 Å².